The Bertz CT molecular complexity index is 221. The van der Waals surface area contributed by atoms with Crippen molar-refractivity contribution in [3.8, 4) is 0 Å². The SMILES string of the molecule is CCNCC(CC)(CC)CN1CCC(OCC)CC1. The van der Waals surface area contributed by atoms with Crippen molar-refractivity contribution in [2.45, 2.75) is 59.5 Å². The summed E-state index contributed by atoms with van der Waals surface area (Å²) < 4.78 is 5.74. The highest BCUT2D eigenvalue weighted by molar-refractivity contribution is 4.85. The number of hydrogen-bond acceptors (Lipinski definition) is 3. The summed E-state index contributed by atoms with van der Waals surface area (Å²) in [6.07, 6.45) is 5.45. The summed E-state index contributed by atoms with van der Waals surface area (Å²) in [4.78, 5) is 2.65. The number of likely N-dealkylation sites (tertiary alicyclic amines) is 1. The molecule has 0 aromatic carbocycles. The van der Waals surface area contributed by atoms with Gasteiger partial charge in [0.15, 0.2) is 0 Å². The molecule has 0 radical (unpaired) electrons. The van der Waals surface area contributed by atoms with Crippen LogP contribution >= 0.6 is 0 Å². The molecular formula is C16H34N2O. The maximum atomic E-state index is 5.74. The topological polar surface area (TPSA) is 24.5 Å². The molecule has 1 aliphatic rings. The molecule has 0 spiro atoms. The van der Waals surface area contributed by atoms with Gasteiger partial charge in [0.2, 0.25) is 0 Å². The molecule has 0 amide bonds. The number of piperidine rings is 1. The van der Waals surface area contributed by atoms with Crippen molar-refractivity contribution in [1.82, 2.24) is 10.2 Å². The van der Waals surface area contributed by atoms with E-state index in [2.05, 4.69) is 37.9 Å². The predicted octanol–water partition coefficient (Wildman–Crippen LogP) is 2.90. The molecular weight excluding hydrogens is 236 g/mol. The number of rotatable bonds is 9. The van der Waals surface area contributed by atoms with Gasteiger partial charge in [-0.05, 0) is 44.6 Å². The number of hydrogen-bond donors (Lipinski definition) is 1. The molecule has 3 nitrogen and oxygen atoms in total. The van der Waals surface area contributed by atoms with Crippen LogP contribution in [0.15, 0.2) is 0 Å². The van der Waals surface area contributed by atoms with E-state index in [1.54, 1.807) is 0 Å². The van der Waals surface area contributed by atoms with Crippen molar-refractivity contribution in [1.29, 1.82) is 0 Å². The van der Waals surface area contributed by atoms with Crippen molar-refractivity contribution in [2.75, 3.05) is 39.3 Å². The maximum absolute atomic E-state index is 5.74. The first-order valence-electron chi connectivity index (χ1n) is 8.24. The van der Waals surface area contributed by atoms with Gasteiger partial charge in [-0.3, -0.25) is 0 Å². The van der Waals surface area contributed by atoms with Crippen molar-refractivity contribution in [2.24, 2.45) is 5.41 Å². The van der Waals surface area contributed by atoms with Crippen molar-refractivity contribution < 1.29 is 4.74 Å². The van der Waals surface area contributed by atoms with E-state index in [-0.39, 0.29) is 0 Å². The van der Waals surface area contributed by atoms with Crippen LogP contribution in [0.1, 0.15) is 53.4 Å². The molecule has 0 aromatic rings. The van der Waals surface area contributed by atoms with E-state index in [1.165, 1.54) is 45.3 Å². The Morgan fingerprint density at radius 1 is 1.11 bits per heavy atom. The first-order chi connectivity index (χ1) is 9.19. The van der Waals surface area contributed by atoms with Crippen LogP contribution < -0.4 is 5.32 Å². The minimum absolute atomic E-state index is 0.453. The van der Waals surface area contributed by atoms with Crippen molar-refractivity contribution >= 4 is 0 Å². The molecule has 0 aliphatic carbocycles. The minimum Gasteiger partial charge on any atom is -0.378 e. The Kier molecular flexibility index (Phi) is 7.96. The summed E-state index contributed by atoms with van der Waals surface area (Å²) in [5.74, 6) is 0. The van der Waals surface area contributed by atoms with E-state index in [4.69, 9.17) is 4.74 Å². The average Bonchev–Trinajstić information content (AvgIpc) is 2.46. The molecule has 1 N–H and O–H groups in total. The van der Waals surface area contributed by atoms with E-state index < -0.39 is 0 Å². The molecule has 19 heavy (non-hydrogen) atoms. The summed E-state index contributed by atoms with van der Waals surface area (Å²) >= 11 is 0. The quantitative estimate of drug-likeness (QED) is 0.697. The van der Waals surface area contributed by atoms with E-state index >= 15 is 0 Å². The lowest BCUT2D eigenvalue weighted by Crippen LogP contribution is -2.47. The van der Waals surface area contributed by atoms with Crippen LogP contribution in [0.2, 0.25) is 0 Å². The second-order valence-electron chi connectivity index (χ2n) is 5.92. The molecule has 1 fully saturated rings. The van der Waals surface area contributed by atoms with Crippen LogP contribution in [0.4, 0.5) is 0 Å². The van der Waals surface area contributed by atoms with Gasteiger partial charge in [0.05, 0.1) is 6.10 Å². The average molecular weight is 270 g/mol. The largest absolute Gasteiger partial charge is 0.378 e. The lowest BCUT2D eigenvalue weighted by Gasteiger charge is -2.40. The zero-order valence-corrected chi connectivity index (χ0v) is 13.5. The number of nitrogens with zero attached hydrogens (tertiary/aromatic N) is 1. The van der Waals surface area contributed by atoms with Gasteiger partial charge >= 0.3 is 0 Å². The zero-order valence-electron chi connectivity index (χ0n) is 13.5. The van der Waals surface area contributed by atoms with Crippen LogP contribution in [0.3, 0.4) is 0 Å². The maximum Gasteiger partial charge on any atom is 0.0599 e. The van der Waals surface area contributed by atoms with E-state index in [1.807, 2.05) is 0 Å². The van der Waals surface area contributed by atoms with Crippen molar-refractivity contribution in [3.63, 3.8) is 0 Å². The molecule has 0 bridgehead atoms. The third kappa shape index (κ3) is 5.41. The van der Waals surface area contributed by atoms with Crippen LogP contribution in [-0.4, -0.2) is 50.3 Å². The van der Waals surface area contributed by atoms with Gasteiger partial charge in [0.25, 0.3) is 0 Å². The fraction of sp³-hybridized carbons (Fsp3) is 1.00. The first-order valence-corrected chi connectivity index (χ1v) is 8.24. The Hall–Kier alpha value is -0.120. The molecule has 0 aromatic heterocycles. The highest BCUT2D eigenvalue weighted by atomic mass is 16.5. The van der Waals surface area contributed by atoms with Gasteiger partial charge in [-0.15, -0.1) is 0 Å². The van der Waals surface area contributed by atoms with Crippen LogP contribution in [0.5, 0.6) is 0 Å². The molecule has 0 atom stereocenters. The third-order valence-corrected chi connectivity index (χ3v) is 4.75. The zero-order chi connectivity index (χ0) is 14.1. The normalized spacial score (nSPS) is 18.9. The van der Waals surface area contributed by atoms with Gasteiger partial charge in [0, 0.05) is 32.8 Å². The molecule has 0 unspecified atom stereocenters. The second-order valence-corrected chi connectivity index (χ2v) is 5.92. The third-order valence-electron chi connectivity index (χ3n) is 4.75. The lowest BCUT2D eigenvalue weighted by atomic mass is 9.81. The second kappa shape index (κ2) is 8.93. The summed E-state index contributed by atoms with van der Waals surface area (Å²) in [6, 6.07) is 0. The Labute approximate surface area is 120 Å². The molecule has 3 heteroatoms. The van der Waals surface area contributed by atoms with E-state index in [9.17, 15) is 0 Å². The highest BCUT2D eigenvalue weighted by Crippen LogP contribution is 2.28. The summed E-state index contributed by atoms with van der Waals surface area (Å²) in [6.45, 7) is 15.7. The fourth-order valence-electron chi connectivity index (χ4n) is 3.11. The highest BCUT2D eigenvalue weighted by Gasteiger charge is 2.30. The predicted molar refractivity (Wildman–Crippen MR) is 82.6 cm³/mol. The molecule has 1 heterocycles. The summed E-state index contributed by atoms with van der Waals surface area (Å²) in [5.41, 5.74) is 0.453. The van der Waals surface area contributed by atoms with Crippen LogP contribution in [0, 0.1) is 5.41 Å². The lowest BCUT2D eigenvalue weighted by molar-refractivity contribution is 0.00283. The number of nitrogens with one attached hydrogen (secondary N) is 1. The van der Waals surface area contributed by atoms with Gasteiger partial charge in [-0.1, -0.05) is 20.8 Å². The molecule has 1 aliphatic heterocycles. The standard InChI is InChI=1S/C16H34N2O/c1-5-16(6-2,13-17-7-3)14-18-11-9-15(10-12-18)19-8-4/h15,17H,5-14H2,1-4H3. The van der Waals surface area contributed by atoms with Crippen LogP contribution in [-0.2, 0) is 4.74 Å². The molecule has 114 valence electrons. The molecule has 1 saturated heterocycles. The van der Waals surface area contributed by atoms with Gasteiger partial charge < -0.3 is 15.0 Å². The summed E-state index contributed by atoms with van der Waals surface area (Å²) in [5, 5.41) is 3.56. The number of ether oxygens (including phenoxy) is 1. The monoisotopic (exact) mass is 270 g/mol. The van der Waals surface area contributed by atoms with E-state index in [0.29, 0.717) is 11.5 Å². The van der Waals surface area contributed by atoms with Crippen molar-refractivity contribution in [3.05, 3.63) is 0 Å². The van der Waals surface area contributed by atoms with Gasteiger partial charge in [-0.2, -0.15) is 0 Å². The molecule has 0 saturated carbocycles. The minimum atomic E-state index is 0.453. The smallest absolute Gasteiger partial charge is 0.0599 e. The van der Waals surface area contributed by atoms with E-state index in [0.717, 1.165) is 19.7 Å². The fourth-order valence-corrected chi connectivity index (χ4v) is 3.11. The van der Waals surface area contributed by atoms with Crippen LogP contribution in [0.25, 0.3) is 0 Å². The summed E-state index contributed by atoms with van der Waals surface area (Å²) in [7, 11) is 0. The Morgan fingerprint density at radius 2 is 1.74 bits per heavy atom. The Balaban J connectivity index is 2.42. The first kappa shape index (κ1) is 16.9. The van der Waals surface area contributed by atoms with Gasteiger partial charge in [-0.25, -0.2) is 0 Å². The molecule has 1 rings (SSSR count). The van der Waals surface area contributed by atoms with Gasteiger partial charge in [0.1, 0.15) is 0 Å². The Morgan fingerprint density at radius 3 is 2.21 bits per heavy atom.